The molecule has 0 saturated heterocycles. The van der Waals surface area contributed by atoms with E-state index in [1.807, 2.05) is 0 Å². The van der Waals surface area contributed by atoms with E-state index in [1.54, 1.807) is 6.92 Å². The highest BCUT2D eigenvalue weighted by molar-refractivity contribution is 9.10. The van der Waals surface area contributed by atoms with Crippen molar-refractivity contribution in [3.05, 3.63) is 21.9 Å². The highest BCUT2D eigenvalue weighted by Gasteiger charge is 2.14. The van der Waals surface area contributed by atoms with Crippen LogP contribution >= 0.6 is 15.9 Å². The number of aromatic nitrogens is 1. The van der Waals surface area contributed by atoms with E-state index < -0.39 is 6.43 Å². The molecule has 0 aliphatic rings. The molecule has 1 aromatic heterocycles. The molecule has 2 nitrogen and oxygen atoms in total. The van der Waals surface area contributed by atoms with Gasteiger partial charge in [-0.15, -0.1) is 0 Å². The maximum atomic E-state index is 12.3. The van der Waals surface area contributed by atoms with E-state index in [1.165, 1.54) is 6.07 Å². The van der Waals surface area contributed by atoms with Crippen LogP contribution in [0.3, 0.4) is 0 Å². The fourth-order valence-corrected chi connectivity index (χ4v) is 1.36. The zero-order valence-corrected chi connectivity index (χ0v) is 7.90. The molecular formula is C7H7BrF2N2. The maximum Gasteiger partial charge on any atom is 0.265 e. The molecule has 0 aromatic carbocycles. The van der Waals surface area contributed by atoms with Gasteiger partial charge in [0.15, 0.2) is 0 Å². The van der Waals surface area contributed by atoms with E-state index in [9.17, 15) is 8.78 Å². The number of halogens is 3. The largest absolute Gasteiger partial charge is 0.397 e. The number of nitrogens with zero attached hydrogens (tertiary/aromatic N) is 1. The van der Waals surface area contributed by atoms with Gasteiger partial charge in [0.2, 0.25) is 0 Å². The van der Waals surface area contributed by atoms with Crippen molar-refractivity contribution in [3.63, 3.8) is 0 Å². The lowest BCUT2D eigenvalue weighted by Crippen LogP contribution is -2.00. The van der Waals surface area contributed by atoms with Crippen LogP contribution in [0.4, 0.5) is 14.5 Å². The van der Waals surface area contributed by atoms with Crippen LogP contribution in [0.1, 0.15) is 17.7 Å². The molecule has 0 saturated carbocycles. The molecule has 5 heteroatoms. The van der Waals surface area contributed by atoms with Gasteiger partial charge in [-0.05, 0) is 28.9 Å². The summed E-state index contributed by atoms with van der Waals surface area (Å²) in [5.74, 6) is 0. The van der Waals surface area contributed by atoms with Crippen LogP contribution in [0.15, 0.2) is 10.7 Å². The van der Waals surface area contributed by atoms with Crippen LogP contribution in [0.5, 0.6) is 0 Å². The average Bonchev–Trinajstić information content (AvgIpc) is 1.96. The quantitative estimate of drug-likeness (QED) is 0.762. The fourth-order valence-electron chi connectivity index (χ4n) is 0.848. The lowest BCUT2D eigenvalue weighted by Gasteiger charge is -2.06. The SMILES string of the molecule is Cc1nc(Br)cc(C(F)F)c1N. The van der Waals surface area contributed by atoms with Crippen LogP contribution < -0.4 is 5.73 Å². The van der Waals surface area contributed by atoms with Crippen molar-refractivity contribution in [2.45, 2.75) is 13.3 Å². The van der Waals surface area contributed by atoms with Gasteiger partial charge >= 0.3 is 0 Å². The number of hydrogen-bond donors (Lipinski definition) is 1. The monoisotopic (exact) mass is 236 g/mol. The van der Waals surface area contributed by atoms with Crippen LogP contribution in [0.2, 0.25) is 0 Å². The number of hydrogen-bond acceptors (Lipinski definition) is 2. The first-order chi connectivity index (χ1) is 5.52. The second-order valence-electron chi connectivity index (χ2n) is 2.33. The fraction of sp³-hybridized carbons (Fsp3) is 0.286. The molecule has 0 spiro atoms. The predicted molar refractivity (Wildman–Crippen MR) is 46.0 cm³/mol. The summed E-state index contributed by atoms with van der Waals surface area (Å²) in [7, 11) is 0. The van der Waals surface area contributed by atoms with Crippen molar-refractivity contribution in [3.8, 4) is 0 Å². The van der Waals surface area contributed by atoms with Gasteiger partial charge in [0.25, 0.3) is 6.43 Å². The summed E-state index contributed by atoms with van der Waals surface area (Å²) in [6, 6.07) is 1.23. The van der Waals surface area contributed by atoms with E-state index in [0.717, 1.165) is 0 Å². The molecule has 0 unspecified atom stereocenters. The number of aryl methyl sites for hydroxylation is 1. The van der Waals surface area contributed by atoms with Crippen molar-refractivity contribution < 1.29 is 8.78 Å². The van der Waals surface area contributed by atoms with Gasteiger partial charge in [0, 0.05) is 5.56 Å². The summed E-state index contributed by atoms with van der Waals surface area (Å²) >= 11 is 3.02. The van der Waals surface area contributed by atoms with Gasteiger partial charge in [0.1, 0.15) is 4.60 Å². The van der Waals surface area contributed by atoms with Gasteiger partial charge in [-0.3, -0.25) is 0 Å². The molecule has 0 fully saturated rings. The van der Waals surface area contributed by atoms with Gasteiger partial charge in [0.05, 0.1) is 11.4 Å². The van der Waals surface area contributed by atoms with Crippen LogP contribution in [-0.4, -0.2) is 4.98 Å². The number of pyridine rings is 1. The summed E-state index contributed by atoms with van der Waals surface area (Å²) in [6.45, 7) is 1.59. The number of nitrogens with two attached hydrogens (primary N) is 1. The molecule has 1 heterocycles. The zero-order chi connectivity index (χ0) is 9.30. The van der Waals surface area contributed by atoms with Gasteiger partial charge in [-0.2, -0.15) is 0 Å². The second kappa shape index (κ2) is 3.35. The molecular weight excluding hydrogens is 230 g/mol. The summed E-state index contributed by atoms with van der Waals surface area (Å²) < 4.78 is 24.9. The smallest absolute Gasteiger partial charge is 0.265 e. The standard InChI is InChI=1S/C7H7BrF2N2/c1-3-6(11)4(7(9)10)2-5(8)12-3/h2,7H,11H2,1H3. The first-order valence-corrected chi connectivity index (χ1v) is 4.02. The average molecular weight is 237 g/mol. The molecule has 0 atom stereocenters. The third kappa shape index (κ3) is 1.72. The molecule has 1 rings (SSSR count). The van der Waals surface area contributed by atoms with E-state index in [2.05, 4.69) is 20.9 Å². The minimum atomic E-state index is -2.55. The third-order valence-electron chi connectivity index (χ3n) is 1.49. The van der Waals surface area contributed by atoms with Gasteiger partial charge in [-0.25, -0.2) is 13.8 Å². The molecule has 0 radical (unpaired) electrons. The van der Waals surface area contributed by atoms with Gasteiger partial charge < -0.3 is 5.73 Å². The van der Waals surface area contributed by atoms with E-state index >= 15 is 0 Å². The Morgan fingerprint density at radius 3 is 2.67 bits per heavy atom. The lowest BCUT2D eigenvalue weighted by atomic mass is 10.2. The summed E-state index contributed by atoms with van der Waals surface area (Å²) in [4.78, 5) is 3.87. The number of nitrogen functional groups attached to an aromatic ring is 1. The summed E-state index contributed by atoms with van der Waals surface area (Å²) in [6.07, 6.45) is -2.55. The van der Waals surface area contributed by atoms with Crippen LogP contribution in [-0.2, 0) is 0 Å². The number of alkyl halides is 2. The molecule has 12 heavy (non-hydrogen) atoms. The molecule has 1 aromatic rings. The molecule has 0 bridgehead atoms. The number of rotatable bonds is 1. The highest BCUT2D eigenvalue weighted by Crippen LogP contribution is 2.28. The molecule has 0 amide bonds. The Morgan fingerprint density at radius 2 is 2.17 bits per heavy atom. The Labute approximate surface area is 76.9 Å². The highest BCUT2D eigenvalue weighted by atomic mass is 79.9. The molecule has 0 aliphatic heterocycles. The first-order valence-electron chi connectivity index (χ1n) is 3.23. The minimum absolute atomic E-state index is 0.0631. The van der Waals surface area contributed by atoms with Crippen molar-refractivity contribution in [1.29, 1.82) is 0 Å². The van der Waals surface area contributed by atoms with E-state index in [-0.39, 0.29) is 11.3 Å². The van der Waals surface area contributed by atoms with Gasteiger partial charge in [-0.1, -0.05) is 0 Å². The molecule has 0 aliphatic carbocycles. The predicted octanol–water partition coefficient (Wildman–Crippen LogP) is 2.67. The Balaban J connectivity index is 3.28. The van der Waals surface area contributed by atoms with Crippen molar-refractivity contribution in [2.24, 2.45) is 0 Å². The Bertz CT molecular complexity index is 302. The first kappa shape index (κ1) is 9.38. The van der Waals surface area contributed by atoms with Crippen molar-refractivity contribution in [1.82, 2.24) is 4.98 Å². The molecule has 66 valence electrons. The normalized spacial score (nSPS) is 10.8. The van der Waals surface area contributed by atoms with E-state index in [4.69, 9.17) is 5.73 Å². The van der Waals surface area contributed by atoms with Crippen LogP contribution in [0, 0.1) is 6.92 Å². The molecule has 2 N–H and O–H groups in total. The Kier molecular flexibility index (Phi) is 2.62. The second-order valence-corrected chi connectivity index (χ2v) is 3.15. The van der Waals surface area contributed by atoms with Crippen molar-refractivity contribution in [2.75, 3.05) is 5.73 Å². The van der Waals surface area contributed by atoms with E-state index in [0.29, 0.717) is 10.3 Å². The number of anilines is 1. The summed E-state index contributed by atoms with van der Waals surface area (Å²) in [5, 5.41) is 0. The maximum absolute atomic E-state index is 12.3. The summed E-state index contributed by atoms with van der Waals surface area (Å²) in [5.41, 5.74) is 5.70. The lowest BCUT2D eigenvalue weighted by molar-refractivity contribution is 0.152. The van der Waals surface area contributed by atoms with Crippen LogP contribution in [0.25, 0.3) is 0 Å². The third-order valence-corrected chi connectivity index (χ3v) is 1.89. The zero-order valence-electron chi connectivity index (χ0n) is 6.31. The Hall–Kier alpha value is -0.710. The Morgan fingerprint density at radius 1 is 1.58 bits per heavy atom. The topological polar surface area (TPSA) is 38.9 Å². The minimum Gasteiger partial charge on any atom is -0.397 e. The van der Waals surface area contributed by atoms with Crippen molar-refractivity contribution >= 4 is 21.6 Å².